The van der Waals surface area contributed by atoms with Gasteiger partial charge < -0.3 is 10.1 Å². The van der Waals surface area contributed by atoms with E-state index in [0.29, 0.717) is 6.04 Å². The third kappa shape index (κ3) is 3.84. The van der Waals surface area contributed by atoms with Gasteiger partial charge in [-0.3, -0.25) is 0 Å². The van der Waals surface area contributed by atoms with Gasteiger partial charge in [0.1, 0.15) is 0 Å². The van der Waals surface area contributed by atoms with Crippen LogP contribution in [0, 0.1) is 0 Å². The van der Waals surface area contributed by atoms with Gasteiger partial charge in [0.25, 0.3) is 0 Å². The number of likely N-dealkylation sites (N-methyl/N-ethyl adjacent to an activating group) is 1. The van der Waals surface area contributed by atoms with E-state index in [-0.39, 0.29) is 5.60 Å². The summed E-state index contributed by atoms with van der Waals surface area (Å²) in [7, 11) is 2.07. The van der Waals surface area contributed by atoms with Crippen LogP contribution in [0.4, 0.5) is 0 Å². The number of hydrogen-bond donors (Lipinski definition) is 1. The second kappa shape index (κ2) is 7.58. The molecule has 0 aromatic heterocycles. The maximum absolute atomic E-state index is 6.25. The van der Waals surface area contributed by atoms with Crippen LogP contribution in [0.25, 0.3) is 0 Å². The average molecular weight is 340 g/mol. The van der Waals surface area contributed by atoms with Crippen molar-refractivity contribution in [3.05, 3.63) is 34.3 Å². The van der Waals surface area contributed by atoms with Gasteiger partial charge >= 0.3 is 0 Å². The molecule has 1 fully saturated rings. The molecule has 1 aromatic rings. The molecule has 0 spiro atoms. The molecule has 1 aliphatic carbocycles. The van der Waals surface area contributed by atoms with Gasteiger partial charge in [0.05, 0.1) is 5.60 Å². The van der Waals surface area contributed by atoms with Crippen LogP contribution in [0.2, 0.25) is 0 Å². The molecule has 3 heteroatoms. The Kier molecular flexibility index (Phi) is 6.06. The minimum Gasteiger partial charge on any atom is -0.374 e. The Labute approximate surface area is 131 Å². The quantitative estimate of drug-likeness (QED) is 0.833. The molecule has 1 N–H and O–H groups in total. The maximum atomic E-state index is 6.25. The lowest BCUT2D eigenvalue weighted by molar-refractivity contribution is -0.0883. The monoisotopic (exact) mass is 339 g/mol. The second-order valence-electron chi connectivity index (χ2n) is 5.73. The van der Waals surface area contributed by atoms with E-state index in [2.05, 4.69) is 59.5 Å². The summed E-state index contributed by atoms with van der Waals surface area (Å²) in [4.78, 5) is 0. The SMILES string of the molecule is CCOC1(C(Cc2cccc(Br)c2)NC)CCCCC1. The molecule has 1 aromatic carbocycles. The Bertz CT molecular complexity index is 410. The lowest BCUT2D eigenvalue weighted by atomic mass is 9.77. The van der Waals surface area contributed by atoms with Crippen molar-refractivity contribution in [2.24, 2.45) is 0 Å². The maximum Gasteiger partial charge on any atom is 0.0837 e. The molecule has 20 heavy (non-hydrogen) atoms. The van der Waals surface area contributed by atoms with Gasteiger partial charge in [0, 0.05) is 17.1 Å². The Hall–Kier alpha value is -0.380. The number of halogens is 1. The van der Waals surface area contributed by atoms with Gasteiger partial charge in [-0.1, -0.05) is 47.3 Å². The molecule has 2 rings (SSSR count). The predicted octanol–water partition coefficient (Wildman–Crippen LogP) is 4.32. The first kappa shape index (κ1) is 16.0. The summed E-state index contributed by atoms with van der Waals surface area (Å²) in [5.41, 5.74) is 1.38. The third-order valence-electron chi connectivity index (χ3n) is 4.44. The fourth-order valence-corrected chi connectivity index (χ4v) is 3.93. The molecule has 1 aliphatic rings. The average Bonchev–Trinajstić information content (AvgIpc) is 2.46. The topological polar surface area (TPSA) is 21.3 Å². The lowest BCUT2D eigenvalue weighted by Crippen LogP contribution is -2.53. The first-order valence-electron chi connectivity index (χ1n) is 7.76. The van der Waals surface area contributed by atoms with Crippen molar-refractivity contribution in [2.75, 3.05) is 13.7 Å². The summed E-state index contributed by atoms with van der Waals surface area (Å²) in [6.07, 6.45) is 7.31. The molecular formula is C17H26BrNO. The molecule has 0 bridgehead atoms. The molecule has 0 heterocycles. The third-order valence-corrected chi connectivity index (χ3v) is 4.94. The smallest absolute Gasteiger partial charge is 0.0837 e. The summed E-state index contributed by atoms with van der Waals surface area (Å²) in [5, 5.41) is 3.53. The first-order chi connectivity index (χ1) is 9.70. The molecule has 0 aliphatic heterocycles. The van der Waals surface area contributed by atoms with Crippen molar-refractivity contribution in [2.45, 2.75) is 57.1 Å². The van der Waals surface area contributed by atoms with E-state index >= 15 is 0 Å². The molecule has 0 radical (unpaired) electrons. The first-order valence-corrected chi connectivity index (χ1v) is 8.55. The largest absolute Gasteiger partial charge is 0.374 e. The molecule has 0 amide bonds. The number of hydrogen-bond acceptors (Lipinski definition) is 2. The molecule has 2 nitrogen and oxygen atoms in total. The van der Waals surface area contributed by atoms with Crippen LogP contribution < -0.4 is 5.32 Å². The molecule has 1 unspecified atom stereocenters. The van der Waals surface area contributed by atoms with Crippen LogP contribution in [0.5, 0.6) is 0 Å². The zero-order chi connectivity index (χ0) is 14.4. The predicted molar refractivity (Wildman–Crippen MR) is 88.1 cm³/mol. The summed E-state index contributed by atoms with van der Waals surface area (Å²) >= 11 is 3.56. The zero-order valence-electron chi connectivity index (χ0n) is 12.6. The van der Waals surface area contributed by atoms with Gasteiger partial charge in [-0.05, 0) is 50.9 Å². The molecular weight excluding hydrogens is 314 g/mol. The Morgan fingerprint density at radius 3 is 2.65 bits per heavy atom. The van der Waals surface area contributed by atoms with Crippen LogP contribution in [0.3, 0.4) is 0 Å². The Balaban J connectivity index is 2.15. The van der Waals surface area contributed by atoms with E-state index in [1.807, 2.05) is 0 Å². The normalized spacial score (nSPS) is 19.8. The van der Waals surface area contributed by atoms with Crippen molar-refractivity contribution in [3.63, 3.8) is 0 Å². The standard InChI is InChI=1S/C17H26BrNO/c1-3-20-17(10-5-4-6-11-17)16(19-2)13-14-8-7-9-15(18)12-14/h7-9,12,16,19H,3-6,10-11,13H2,1-2H3. The Morgan fingerprint density at radius 2 is 2.05 bits per heavy atom. The van der Waals surface area contributed by atoms with E-state index < -0.39 is 0 Å². The summed E-state index contributed by atoms with van der Waals surface area (Å²) < 4.78 is 7.40. The highest BCUT2D eigenvalue weighted by molar-refractivity contribution is 9.10. The van der Waals surface area contributed by atoms with Crippen LogP contribution >= 0.6 is 15.9 Å². The number of rotatable bonds is 6. The van der Waals surface area contributed by atoms with E-state index in [1.165, 1.54) is 37.7 Å². The van der Waals surface area contributed by atoms with Crippen molar-refractivity contribution < 1.29 is 4.74 Å². The van der Waals surface area contributed by atoms with Gasteiger partial charge in [0.2, 0.25) is 0 Å². The minimum absolute atomic E-state index is 0.0179. The fraction of sp³-hybridized carbons (Fsp3) is 0.647. The highest BCUT2D eigenvalue weighted by atomic mass is 79.9. The minimum atomic E-state index is 0.0179. The fourth-order valence-electron chi connectivity index (χ4n) is 3.48. The lowest BCUT2D eigenvalue weighted by Gasteiger charge is -2.43. The van der Waals surface area contributed by atoms with Crippen LogP contribution in [0.15, 0.2) is 28.7 Å². The second-order valence-corrected chi connectivity index (χ2v) is 6.65. The molecule has 0 saturated heterocycles. The van der Waals surface area contributed by atoms with E-state index in [4.69, 9.17) is 4.74 Å². The summed E-state index contributed by atoms with van der Waals surface area (Å²) in [5.74, 6) is 0. The van der Waals surface area contributed by atoms with Crippen molar-refractivity contribution in [1.82, 2.24) is 5.32 Å². The van der Waals surface area contributed by atoms with Crippen LogP contribution in [-0.4, -0.2) is 25.3 Å². The highest BCUT2D eigenvalue weighted by Crippen LogP contribution is 2.36. The van der Waals surface area contributed by atoms with Gasteiger partial charge in [-0.25, -0.2) is 0 Å². The molecule has 1 atom stereocenters. The van der Waals surface area contributed by atoms with Crippen LogP contribution in [-0.2, 0) is 11.2 Å². The van der Waals surface area contributed by atoms with E-state index in [1.54, 1.807) is 0 Å². The molecule has 112 valence electrons. The highest BCUT2D eigenvalue weighted by Gasteiger charge is 2.39. The molecule has 1 saturated carbocycles. The summed E-state index contributed by atoms with van der Waals surface area (Å²) in [6.45, 7) is 2.92. The van der Waals surface area contributed by atoms with E-state index in [9.17, 15) is 0 Å². The Morgan fingerprint density at radius 1 is 1.30 bits per heavy atom. The zero-order valence-corrected chi connectivity index (χ0v) is 14.2. The number of nitrogens with one attached hydrogen (secondary N) is 1. The summed E-state index contributed by atoms with van der Waals surface area (Å²) in [6, 6.07) is 9.00. The van der Waals surface area contributed by atoms with Crippen molar-refractivity contribution >= 4 is 15.9 Å². The number of benzene rings is 1. The van der Waals surface area contributed by atoms with Gasteiger partial charge in [0.15, 0.2) is 0 Å². The van der Waals surface area contributed by atoms with Gasteiger partial charge in [-0.2, -0.15) is 0 Å². The van der Waals surface area contributed by atoms with Gasteiger partial charge in [-0.15, -0.1) is 0 Å². The van der Waals surface area contributed by atoms with E-state index in [0.717, 1.165) is 17.5 Å². The van der Waals surface area contributed by atoms with Crippen molar-refractivity contribution in [3.8, 4) is 0 Å². The number of ether oxygens (including phenoxy) is 1. The van der Waals surface area contributed by atoms with Crippen molar-refractivity contribution in [1.29, 1.82) is 0 Å². The van der Waals surface area contributed by atoms with Crippen LogP contribution in [0.1, 0.15) is 44.6 Å².